The van der Waals surface area contributed by atoms with Crippen molar-refractivity contribution in [1.29, 1.82) is 0 Å². The third-order valence-electron chi connectivity index (χ3n) is 4.01. The number of hydrogen-bond donors (Lipinski definition) is 2. The summed E-state index contributed by atoms with van der Waals surface area (Å²) in [6.07, 6.45) is 0.869. The molecule has 1 aromatic rings. The smallest absolute Gasteiger partial charge is 0.308 e. The molecule has 0 aliphatic carbocycles. The van der Waals surface area contributed by atoms with Gasteiger partial charge in [-0.25, -0.2) is 8.42 Å². The number of piperidine rings is 1. The van der Waals surface area contributed by atoms with Crippen molar-refractivity contribution in [3.63, 3.8) is 0 Å². The number of nitrogens with two attached hydrogens (primary N) is 1. The number of sulfonamides is 1. The second-order valence-electron chi connectivity index (χ2n) is 5.48. The minimum absolute atomic E-state index is 0.0180. The molecular formula is C14H17ClN2O5S. The van der Waals surface area contributed by atoms with Crippen molar-refractivity contribution in [1.82, 2.24) is 4.31 Å². The fourth-order valence-corrected chi connectivity index (χ4v) is 4.85. The van der Waals surface area contributed by atoms with Crippen molar-refractivity contribution < 1.29 is 23.1 Å². The van der Waals surface area contributed by atoms with E-state index in [2.05, 4.69) is 0 Å². The van der Waals surface area contributed by atoms with Crippen molar-refractivity contribution in [3.05, 3.63) is 28.8 Å². The molecule has 1 aromatic carbocycles. The number of carbonyl (C=O) groups is 2. The predicted octanol–water partition coefficient (Wildman–Crippen LogP) is 1.31. The van der Waals surface area contributed by atoms with Gasteiger partial charge in [0.05, 0.1) is 10.8 Å². The molecule has 0 aromatic heterocycles. The van der Waals surface area contributed by atoms with Crippen LogP contribution in [0, 0.1) is 5.92 Å². The van der Waals surface area contributed by atoms with Crippen LogP contribution in [0.25, 0.3) is 0 Å². The zero-order valence-electron chi connectivity index (χ0n) is 12.4. The average molecular weight is 361 g/mol. The van der Waals surface area contributed by atoms with Gasteiger partial charge < -0.3 is 10.8 Å². The predicted molar refractivity (Wildman–Crippen MR) is 83.7 cm³/mol. The summed E-state index contributed by atoms with van der Waals surface area (Å²) in [5.41, 5.74) is 5.16. The van der Waals surface area contributed by atoms with Gasteiger partial charge in [0.2, 0.25) is 15.9 Å². The Morgan fingerprint density at radius 1 is 1.35 bits per heavy atom. The first kappa shape index (κ1) is 17.7. The van der Waals surface area contributed by atoms with Crippen LogP contribution in [0.4, 0.5) is 0 Å². The Hall–Kier alpha value is -1.64. The zero-order chi connectivity index (χ0) is 17.4. The van der Waals surface area contributed by atoms with E-state index in [9.17, 15) is 23.1 Å². The van der Waals surface area contributed by atoms with Crippen LogP contribution >= 0.6 is 11.6 Å². The van der Waals surface area contributed by atoms with Crippen LogP contribution in [-0.4, -0.2) is 42.3 Å². The van der Waals surface area contributed by atoms with Gasteiger partial charge >= 0.3 is 5.97 Å². The molecule has 0 bridgehead atoms. The highest BCUT2D eigenvalue weighted by Gasteiger charge is 2.39. The van der Waals surface area contributed by atoms with Crippen molar-refractivity contribution in [3.8, 4) is 0 Å². The van der Waals surface area contributed by atoms with E-state index in [-0.39, 0.29) is 22.0 Å². The van der Waals surface area contributed by atoms with Gasteiger partial charge in [0.25, 0.3) is 0 Å². The lowest BCUT2D eigenvalue weighted by Gasteiger charge is -2.36. The van der Waals surface area contributed by atoms with Crippen LogP contribution < -0.4 is 5.73 Å². The van der Waals surface area contributed by atoms with Gasteiger partial charge in [-0.05, 0) is 38.0 Å². The van der Waals surface area contributed by atoms with Crippen LogP contribution in [-0.2, 0) is 14.8 Å². The number of amides is 1. The lowest BCUT2D eigenvalue weighted by Crippen LogP contribution is -2.49. The van der Waals surface area contributed by atoms with Crippen LogP contribution in [0.3, 0.4) is 0 Å². The summed E-state index contributed by atoms with van der Waals surface area (Å²) in [6, 6.07) is 2.96. The number of carboxylic acids is 1. The molecule has 7 nitrogen and oxygen atoms in total. The molecule has 1 fully saturated rings. The topological polar surface area (TPSA) is 118 Å². The third-order valence-corrected chi connectivity index (χ3v) is 6.19. The molecule has 9 heteroatoms. The largest absolute Gasteiger partial charge is 0.481 e. The highest BCUT2D eigenvalue weighted by Crippen LogP contribution is 2.30. The first-order valence-electron chi connectivity index (χ1n) is 6.99. The molecule has 2 atom stereocenters. The number of nitrogens with zero attached hydrogens (tertiary/aromatic N) is 1. The molecule has 3 N–H and O–H groups in total. The van der Waals surface area contributed by atoms with Crippen LogP contribution in [0.2, 0.25) is 5.02 Å². The van der Waals surface area contributed by atoms with Gasteiger partial charge in [0.15, 0.2) is 0 Å². The Morgan fingerprint density at radius 2 is 2.00 bits per heavy atom. The maximum Gasteiger partial charge on any atom is 0.308 e. The molecule has 0 saturated carbocycles. The summed E-state index contributed by atoms with van der Waals surface area (Å²) >= 11 is 5.87. The molecule has 1 amide bonds. The van der Waals surface area contributed by atoms with E-state index in [1.165, 1.54) is 12.1 Å². The molecule has 23 heavy (non-hydrogen) atoms. The maximum atomic E-state index is 12.8. The number of halogens is 1. The van der Waals surface area contributed by atoms with Crippen LogP contribution in [0.1, 0.15) is 30.1 Å². The molecule has 0 spiro atoms. The second-order valence-corrected chi connectivity index (χ2v) is 7.81. The Bertz CT molecular complexity index is 750. The third kappa shape index (κ3) is 3.49. The quantitative estimate of drug-likeness (QED) is 0.839. The highest BCUT2D eigenvalue weighted by atomic mass is 35.5. The van der Waals surface area contributed by atoms with E-state index in [0.29, 0.717) is 12.8 Å². The first-order valence-corrected chi connectivity index (χ1v) is 8.81. The molecule has 1 aliphatic heterocycles. The van der Waals surface area contributed by atoms with Gasteiger partial charge in [0, 0.05) is 23.2 Å². The lowest BCUT2D eigenvalue weighted by molar-refractivity contribution is -0.144. The van der Waals surface area contributed by atoms with Crippen LogP contribution in [0.5, 0.6) is 0 Å². The molecular weight excluding hydrogens is 344 g/mol. The first-order chi connectivity index (χ1) is 10.6. The number of rotatable bonds is 4. The zero-order valence-corrected chi connectivity index (χ0v) is 14.0. The highest BCUT2D eigenvalue weighted by molar-refractivity contribution is 7.89. The fourth-order valence-electron chi connectivity index (χ4n) is 2.77. The van der Waals surface area contributed by atoms with Gasteiger partial charge in [-0.15, -0.1) is 0 Å². The number of hydrogen-bond acceptors (Lipinski definition) is 4. The Labute approximate surface area is 139 Å². The lowest BCUT2D eigenvalue weighted by atomic mass is 9.92. The van der Waals surface area contributed by atoms with Crippen molar-refractivity contribution in [2.24, 2.45) is 11.7 Å². The normalized spacial score (nSPS) is 22.7. The SMILES string of the molecule is C[C@@H]1[C@H](C(=O)O)CCCN1S(=O)(=O)c1cc(Cl)cc(C(N)=O)c1. The fraction of sp³-hybridized carbons (Fsp3) is 0.429. The van der Waals surface area contributed by atoms with Gasteiger partial charge in [-0.3, -0.25) is 9.59 Å². The molecule has 1 saturated heterocycles. The molecule has 1 aliphatic rings. The summed E-state index contributed by atoms with van der Waals surface area (Å²) in [7, 11) is -3.98. The van der Waals surface area contributed by atoms with Crippen molar-refractivity contribution in [2.45, 2.75) is 30.7 Å². The molecule has 1 heterocycles. The molecule has 2 rings (SSSR count). The standard InChI is InChI=1S/C14H17ClN2O5S/c1-8-12(14(19)20)3-2-4-17(8)23(21,22)11-6-9(13(16)18)5-10(15)7-11/h5-8,12H,2-4H2,1H3,(H2,16,18)(H,19,20)/t8-,12-/m1/s1. The summed E-state index contributed by atoms with van der Waals surface area (Å²) in [5, 5.41) is 9.29. The monoisotopic (exact) mass is 360 g/mol. The van der Waals surface area contributed by atoms with Gasteiger partial charge in [0.1, 0.15) is 0 Å². The Kier molecular flexibility index (Phi) is 4.98. The van der Waals surface area contributed by atoms with E-state index in [1.807, 2.05) is 0 Å². The summed E-state index contributed by atoms with van der Waals surface area (Å²) in [4.78, 5) is 22.4. The Balaban J connectivity index is 2.45. The maximum absolute atomic E-state index is 12.8. The minimum atomic E-state index is -3.98. The number of carbonyl (C=O) groups excluding carboxylic acids is 1. The number of aliphatic carboxylic acids is 1. The van der Waals surface area contributed by atoms with Crippen LogP contribution in [0.15, 0.2) is 23.1 Å². The van der Waals surface area contributed by atoms with Crippen molar-refractivity contribution in [2.75, 3.05) is 6.54 Å². The van der Waals surface area contributed by atoms with E-state index >= 15 is 0 Å². The number of benzene rings is 1. The van der Waals surface area contributed by atoms with E-state index in [0.717, 1.165) is 10.4 Å². The van der Waals surface area contributed by atoms with E-state index in [1.54, 1.807) is 6.92 Å². The van der Waals surface area contributed by atoms with E-state index in [4.69, 9.17) is 17.3 Å². The summed E-state index contributed by atoms with van der Waals surface area (Å²) in [6.45, 7) is 1.78. The molecule has 0 unspecified atom stereocenters. The molecule has 0 radical (unpaired) electrons. The number of carboxylic acid groups (broad SMARTS) is 1. The average Bonchev–Trinajstić information content (AvgIpc) is 2.46. The second kappa shape index (κ2) is 6.46. The Morgan fingerprint density at radius 3 is 2.57 bits per heavy atom. The summed E-state index contributed by atoms with van der Waals surface area (Å²) in [5.74, 6) is -2.59. The number of primary amides is 1. The van der Waals surface area contributed by atoms with Gasteiger partial charge in [-0.1, -0.05) is 11.6 Å². The van der Waals surface area contributed by atoms with E-state index < -0.39 is 33.9 Å². The van der Waals surface area contributed by atoms with Crippen molar-refractivity contribution >= 4 is 33.5 Å². The van der Waals surface area contributed by atoms with Gasteiger partial charge in [-0.2, -0.15) is 4.31 Å². The minimum Gasteiger partial charge on any atom is -0.481 e. The summed E-state index contributed by atoms with van der Waals surface area (Å²) < 4.78 is 26.8. The molecule has 126 valence electrons.